The van der Waals surface area contributed by atoms with Crippen LogP contribution in [0, 0.1) is 0 Å². The van der Waals surface area contributed by atoms with Gasteiger partial charge < -0.3 is 28.9 Å². The van der Waals surface area contributed by atoms with E-state index in [1.165, 1.54) is 24.3 Å². The molecule has 1 rings (SSSR count). The van der Waals surface area contributed by atoms with Crippen LogP contribution in [0.15, 0.2) is 30.3 Å². The molecule has 7 nitrogen and oxygen atoms in total. The number of hydrogen-bond donors (Lipinski definition) is 1. The first-order valence-corrected chi connectivity index (χ1v) is 7.21. The van der Waals surface area contributed by atoms with Gasteiger partial charge in [0.15, 0.2) is 5.59 Å². The standard InChI is InChI=1S/C7H10O7P2.3Ag/c8-7(15(9,10)11)16(12,13)14-6-4-2-1-3-5-6;;;/h1-5,7-8H,(H,12,13)(H2,9,10,11);;;/q;3*+1/p-3. The van der Waals surface area contributed by atoms with Gasteiger partial charge in [0.2, 0.25) is 7.60 Å². The molecule has 0 aromatic heterocycles. The molecule has 0 radical (unpaired) electrons. The number of aliphatic hydroxyl groups excluding tert-OH is 1. The van der Waals surface area contributed by atoms with Crippen LogP contribution < -0.4 is 19.2 Å². The first-order chi connectivity index (χ1) is 7.23. The van der Waals surface area contributed by atoms with Crippen molar-refractivity contribution in [1.29, 1.82) is 0 Å². The summed E-state index contributed by atoms with van der Waals surface area (Å²) in [6.45, 7) is 0. The molecule has 1 N–H and O–H groups in total. The third kappa shape index (κ3) is 8.54. The summed E-state index contributed by atoms with van der Waals surface area (Å²) in [5.41, 5.74) is -3.08. The molecule has 2 atom stereocenters. The van der Waals surface area contributed by atoms with Crippen LogP contribution in [-0.2, 0) is 76.3 Å². The Morgan fingerprint density at radius 2 is 1.42 bits per heavy atom. The predicted molar refractivity (Wildman–Crippen MR) is 48.3 cm³/mol. The normalized spacial score (nSPS) is 14.7. The zero-order valence-corrected chi connectivity index (χ0v) is 14.9. The summed E-state index contributed by atoms with van der Waals surface area (Å²) in [6.07, 6.45) is 0. The van der Waals surface area contributed by atoms with Gasteiger partial charge in [-0.25, -0.2) is 0 Å². The van der Waals surface area contributed by atoms with E-state index < -0.39 is 20.8 Å². The molecule has 2 unspecified atom stereocenters. The predicted octanol–water partition coefficient (Wildman–Crippen LogP) is -1.20. The average Bonchev–Trinajstić information content (AvgIpc) is 2.16. The maximum absolute atomic E-state index is 11.1. The molecule has 1 aromatic rings. The summed E-state index contributed by atoms with van der Waals surface area (Å²) in [6, 6.07) is 6.92. The SMILES string of the molecule is O=P([O-])([O-])C(O)P(=O)([O-])Oc1ccccc1.[Ag+].[Ag+].[Ag+]. The molecule has 0 aliphatic carbocycles. The Morgan fingerprint density at radius 3 is 1.79 bits per heavy atom. The Kier molecular flexibility index (Phi) is 13.8. The zero-order valence-electron chi connectivity index (χ0n) is 8.66. The van der Waals surface area contributed by atoms with Crippen molar-refractivity contribution in [2.45, 2.75) is 5.59 Å². The maximum Gasteiger partial charge on any atom is 1.00 e. The van der Waals surface area contributed by atoms with Crippen LogP contribution in [0.5, 0.6) is 5.75 Å². The van der Waals surface area contributed by atoms with Gasteiger partial charge in [-0.1, -0.05) is 18.2 Å². The quantitative estimate of drug-likeness (QED) is 0.345. The average molecular weight is 589 g/mol. The summed E-state index contributed by atoms with van der Waals surface area (Å²) in [7, 11) is -10.9. The van der Waals surface area contributed by atoms with Gasteiger partial charge in [0.25, 0.3) is 0 Å². The van der Waals surface area contributed by atoms with E-state index in [1.807, 2.05) is 0 Å². The van der Waals surface area contributed by atoms with Crippen LogP contribution in [-0.4, -0.2) is 10.7 Å². The van der Waals surface area contributed by atoms with E-state index in [0.29, 0.717) is 0 Å². The molecule has 0 aliphatic heterocycles. The van der Waals surface area contributed by atoms with Crippen molar-refractivity contribution in [2.75, 3.05) is 0 Å². The molecule has 0 fully saturated rings. The molecule has 0 bridgehead atoms. The minimum Gasteiger partial charge on any atom is -0.809 e. The van der Waals surface area contributed by atoms with E-state index in [-0.39, 0.29) is 72.9 Å². The van der Waals surface area contributed by atoms with E-state index in [9.17, 15) is 23.8 Å². The van der Waals surface area contributed by atoms with Crippen LogP contribution in [0.3, 0.4) is 0 Å². The molecule has 0 aliphatic rings. The number of para-hydroxylation sites is 1. The van der Waals surface area contributed by atoms with Crippen molar-refractivity contribution in [1.82, 2.24) is 0 Å². The smallest absolute Gasteiger partial charge is 0.809 e. The Bertz CT molecular complexity index is 451. The second kappa shape index (κ2) is 10.3. The number of hydrogen-bond acceptors (Lipinski definition) is 7. The summed E-state index contributed by atoms with van der Waals surface area (Å²) in [4.78, 5) is 31.8. The summed E-state index contributed by atoms with van der Waals surface area (Å²) in [5, 5.41) is 8.79. The van der Waals surface area contributed by atoms with Gasteiger partial charge in [-0.05, 0) is 19.7 Å². The molecule has 0 amide bonds. The third-order valence-electron chi connectivity index (χ3n) is 1.54. The first kappa shape index (κ1) is 25.5. The molecule has 0 heterocycles. The van der Waals surface area contributed by atoms with E-state index in [2.05, 4.69) is 4.52 Å². The van der Waals surface area contributed by atoms with Crippen molar-refractivity contribution in [3.8, 4) is 5.75 Å². The van der Waals surface area contributed by atoms with Crippen molar-refractivity contribution in [3.05, 3.63) is 30.3 Å². The van der Waals surface area contributed by atoms with E-state index in [1.54, 1.807) is 6.07 Å². The third-order valence-corrected chi connectivity index (χ3v) is 4.84. The monoisotopic (exact) mass is 586 g/mol. The minimum absolute atomic E-state index is 0. The Morgan fingerprint density at radius 1 is 1.00 bits per heavy atom. The minimum atomic E-state index is -5.66. The number of aliphatic hydroxyl groups is 1. The van der Waals surface area contributed by atoms with Crippen molar-refractivity contribution in [3.63, 3.8) is 0 Å². The van der Waals surface area contributed by atoms with Gasteiger partial charge in [0, 0.05) is 0 Å². The fraction of sp³-hybridized carbons (Fsp3) is 0.143. The van der Waals surface area contributed by atoms with Crippen LogP contribution in [0.25, 0.3) is 0 Å². The summed E-state index contributed by atoms with van der Waals surface area (Å²) in [5.74, 6) is -0.187. The molecule has 0 spiro atoms. The molecular weight excluding hydrogens is 582 g/mol. The van der Waals surface area contributed by atoms with Gasteiger partial charge >= 0.3 is 67.1 Å². The number of benzene rings is 1. The second-order valence-corrected chi connectivity index (χ2v) is 6.56. The van der Waals surface area contributed by atoms with E-state index >= 15 is 0 Å². The molecule has 0 saturated carbocycles. The number of rotatable bonds is 4. The Labute approximate surface area is 156 Å². The first-order valence-electron chi connectivity index (χ1n) is 3.98. The largest absolute Gasteiger partial charge is 1.00 e. The molecule has 19 heavy (non-hydrogen) atoms. The van der Waals surface area contributed by atoms with Gasteiger partial charge in [-0.3, -0.25) is 4.57 Å². The van der Waals surface area contributed by atoms with Crippen LogP contribution in [0.4, 0.5) is 0 Å². The van der Waals surface area contributed by atoms with Gasteiger partial charge in [-0.15, -0.1) is 0 Å². The molecular formula is C7H7Ag3O7P2. The Balaban J connectivity index is -0.000000853. The topological polar surface area (TPSA) is 133 Å². The zero-order chi connectivity index (χ0) is 12.4. The van der Waals surface area contributed by atoms with Crippen molar-refractivity contribution >= 4 is 15.2 Å². The van der Waals surface area contributed by atoms with Crippen LogP contribution >= 0.6 is 15.2 Å². The fourth-order valence-electron chi connectivity index (χ4n) is 0.849. The summed E-state index contributed by atoms with van der Waals surface area (Å²) >= 11 is 0. The molecule has 0 saturated heterocycles. The van der Waals surface area contributed by atoms with Gasteiger partial charge in [0.05, 0.1) is 0 Å². The van der Waals surface area contributed by atoms with E-state index in [4.69, 9.17) is 5.11 Å². The van der Waals surface area contributed by atoms with Crippen LogP contribution in [0.1, 0.15) is 0 Å². The second-order valence-electron chi connectivity index (χ2n) is 2.83. The van der Waals surface area contributed by atoms with Gasteiger partial charge in [-0.2, -0.15) is 0 Å². The fourth-order valence-corrected chi connectivity index (χ4v) is 2.89. The van der Waals surface area contributed by atoms with Crippen molar-refractivity contribution < 1.29 is 101 Å². The maximum atomic E-state index is 11.1. The molecule has 12 heteroatoms. The van der Waals surface area contributed by atoms with Crippen molar-refractivity contribution in [2.24, 2.45) is 0 Å². The van der Waals surface area contributed by atoms with E-state index in [0.717, 1.165) is 0 Å². The molecule has 1 aromatic carbocycles. The Hall–Kier alpha value is 1.54. The van der Waals surface area contributed by atoms with Crippen LogP contribution in [0.2, 0.25) is 0 Å². The van der Waals surface area contributed by atoms with Gasteiger partial charge in [0.1, 0.15) is 5.75 Å². The molecule has 120 valence electrons. The summed E-state index contributed by atoms with van der Waals surface area (Å²) < 4.78 is 25.7.